The number of hydrogen-bond acceptors (Lipinski definition) is 2. The van der Waals surface area contributed by atoms with Crippen LogP contribution in [0.3, 0.4) is 0 Å². The molecule has 0 bridgehead atoms. The number of halogens is 1. The summed E-state index contributed by atoms with van der Waals surface area (Å²) in [7, 11) is 0. The third-order valence-corrected chi connectivity index (χ3v) is 3.55. The zero-order valence-corrected chi connectivity index (χ0v) is 9.17. The molecule has 78 valence electrons. The van der Waals surface area contributed by atoms with Crippen molar-refractivity contribution in [2.45, 2.75) is 18.9 Å². The zero-order valence-electron chi connectivity index (χ0n) is 8.41. The molecule has 1 aromatic rings. The fraction of sp³-hybridized carbons (Fsp3) is 0.417. The van der Waals surface area contributed by atoms with E-state index in [1.165, 1.54) is 24.0 Å². The summed E-state index contributed by atoms with van der Waals surface area (Å²) in [5.74, 6) is 0.791. The second kappa shape index (κ2) is 3.62. The van der Waals surface area contributed by atoms with Gasteiger partial charge in [0, 0.05) is 18.4 Å². The molecule has 0 spiro atoms. The van der Waals surface area contributed by atoms with E-state index in [0.717, 1.165) is 17.5 Å². The van der Waals surface area contributed by atoms with Crippen LogP contribution in [0.15, 0.2) is 24.5 Å². The summed E-state index contributed by atoms with van der Waals surface area (Å²) in [6.07, 6.45) is 8.38. The molecule has 0 aromatic carbocycles. The number of rotatable bonds is 1. The van der Waals surface area contributed by atoms with Crippen molar-refractivity contribution in [3.05, 3.63) is 35.1 Å². The third kappa shape index (κ3) is 1.68. The smallest absolute Gasteiger partial charge is 0.0595 e. The largest absolute Gasteiger partial charge is 0.310 e. The summed E-state index contributed by atoms with van der Waals surface area (Å²) in [5, 5.41) is 4.22. The molecule has 1 saturated heterocycles. The minimum atomic E-state index is 0.582. The Bertz CT molecular complexity index is 414. The molecule has 15 heavy (non-hydrogen) atoms. The summed E-state index contributed by atoms with van der Waals surface area (Å²) in [6.45, 7) is 1.16. The van der Waals surface area contributed by atoms with Crippen molar-refractivity contribution in [1.29, 1.82) is 0 Å². The highest BCUT2D eigenvalue weighted by Crippen LogP contribution is 2.36. The van der Waals surface area contributed by atoms with Gasteiger partial charge in [-0.1, -0.05) is 17.7 Å². The van der Waals surface area contributed by atoms with Crippen molar-refractivity contribution >= 4 is 17.2 Å². The normalized spacial score (nSPS) is 29.0. The molecule has 2 atom stereocenters. The SMILES string of the molecule is Clc1cncc(C2=CC3NCCC3C2)c1. The average molecular weight is 221 g/mol. The highest BCUT2D eigenvalue weighted by atomic mass is 35.5. The van der Waals surface area contributed by atoms with E-state index in [9.17, 15) is 0 Å². The second-order valence-electron chi connectivity index (χ2n) is 4.32. The number of nitrogens with zero attached hydrogens (tertiary/aromatic N) is 1. The topological polar surface area (TPSA) is 24.9 Å². The first-order valence-electron chi connectivity index (χ1n) is 5.38. The van der Waals surface area contributed by atoms with Gasteiger partial charge in [-0.05, 0) is 42.5 Å². The van der Waals surface area contributed by atoms with E-state index >= 15 is 0 Å². The van der Waals surface area contributed by atoms with E-state index in [1.54, 1.807) is 6.20 Å². The third-order valence-electron chi connectivity index (χ3n) is 3.34. The summed E-state index contributed by atoms with van der Waals surface area (Å²) in [4.78, 5) is 4.13. The van der Waals surface area contributed by atoms with Crippen LogP contribution in [0.2, 0.25) is 5.02 Å². The van der Waals surface area contributed by atoms with Crippen LogP contribution in [0.4, 0.5) is 0 Å². The molecule has 2 unspecified atom stereocenters. The van der Waals surface area contributed by atoms with Crippen LogP contribution < -0.4 is 5.32 Å². The van der Waals surface area contributed by atoms with Gasteiger partial charge in [0.25, 0.3) is 0 Å². The van der Waals surface area contributed by atoms with E-state index in [0.29, 0.717) is 6.04 Å². The molecule has 1 aliphatic heterocycles. The number of aromatic nitrogens is 1. The second-order valence-corrected chi connectivity index (χ2v) is 4.75. The van der Waals surface area contributed by atoms with Gasteiger partial charge in [-0.3, -0.25) is 4.98 Å². The van der Waals surface area contributed by atoms with Gasteiger partial charge in [-0.25, -0.2) is 0 Å². The summed E-state index contributed by atoms with van der Waals surface area (Å²) in [5.41, 5.74) is 2.57. The number of pyridine rings is 1. The molecule has 2 nitrogen and oxygen atoms in total. The summed E-state index contributed by atoms with van der Waals surface area (Å²) in [6, 6.07) is 2.58. The lowest BCUT2D eigenvalue weighted by atomic mass is 10.00. The quantitative estimate of drug-likeness (QED) is 0.787. The molecule has 2 heterocycles. The molecular formula is C12H13ClN2. The number of hydrogen-bond donors (Lipinski definition) is 1. The van der Waals surface area contributed by atoms with Gasteiger partial charge in [-0.2, -0.15) is 0 Å². The van der Waals surface area contributed by atoms with Crippen molar-refractivity contribution in [2.24, 2.45) is 5.92 Å². The van der Waals surface area contributed by atoms with Crippen LogP contribution in [0.25, 0.3) is 5.57 Å². The van der Waals surface area contributed by atoms with E-state index in [4.69, 9.17) is 11.6 Å². The Kier molecular flexibility index (Phi) is 2.26. The molecule has 0 radical (unpaired) electrons. The predicted molar refractivity (Wildman–Crippen MR) is 61.7 cm³/mol. The average Bonchev–Trinajstić information content (AvgIpc) is 2.76. The van der Waals surface area contributed by atoms with E-state index in [2.05, 4.69) is 16.4 Å². The fourth-order valence-corrected chi connectivity index (χ4v) is 2.75. The Morgan fingerprint density at radius 2 is 2.33 bits per heavy atom. The van der Waals surface area contributed by atoms with Crippen LogP contribution in [0.5, 0.6) is 0 Å². The Morgan fingerprint density at radius 1 is 1.40 bits per heavy atom. The van der Waals surface area contributed by atoms with Gasteiger partial charge < -0.3 is 5.32 Å². The van der Waals surface area contributed by atoms with Gasteiger partial charge in [-0.15, -0.1) is 0 Å². The van der Waals surface area contributed by atoms with E-state index in [1.807, 2.05) is 12.3 Å². The van der Waals surface area contributed by atoms with Crippen LogP contribution >= 0.6 is 11.6 Å². The number of nitrogens with one attached hydrogen (secondary N) is 1. The Hall–Kier alpha value is -0.860. The maximum atomic E-state index is 5.94. The molecule has 1 fully saturated rings. The fourth-order valence-electron chi connectivity index (χ4n) is 2.57. The Labute approximate surface area is 94.4 Å². The lowest BCUT2D eigenvalue weighted by Crippen LogP contribution is -2.20. The maximum absolute atomic E-state index is 5.94. The van der Waals surface area contributed by atoms with Crippen LogP contribution in [-0.4, -0.2) is 17.6 Å². The van der Waals surface area contributed by atoms with Crippen molar-refractivity contribution < 1.29 is 0 Å². The highest BCUT2D eigenvalue weighted by molar-refractivity contribution is 6.30. The molecule has 1 aromatic heterocycles. The van der Waals surface area contributed by atoms with Crippen molar-refractivity contribution in [3.63, 3.8) is 0 Å². The highest BCUT2D eigenvalue weighted by Gasteiger charge is 2.31. The van der Waals surface area contributed by atoms with Crippen LogP contribution in [0.1, 0.15) is 18.4 Å². The lowest BCUT2D eigenvalue weighted by Gasteiger charge is -2.06. The molecule has 3 heteroatoms. The summed E-state index contributed by atoms with van der Waals surface area (Å²) >= 11 is 5.94. The lowest BCUT2D eigenvalue weighted by molar-refractivity contribution is 0.553. The van der Waals surface area contributed by atoms with Crippen LogP contribution in [-0.2, 0) is 0 Å². The minimum absolute atomic E-state index is 0.582. The zero-order chi connectivity index (χ0) is 10.3. The van der Waals surface area contributed by atoms with E-state index < -0.39 is 0 Å². The molecule has 0 saturated carbocycles. The Morgan fingerprint density at radius 3 is 3.13 bits per heavy atom. The first-order chi connectivity index (χ1) is 7.33. The van der Waals surface area contributed by atoms with Crippen LogP contribution in [0, 0.1) is 5.92 Å². The van der Waals surface area contributed by atoms with Gasteiger partial charge >= 0.3 is 0 Å². The van der Waals surface area contributed by atoms with Gasteiger partial charge in [0.1, 0.15) is 0 Å². The first-order valence-corrected chi connectivity index (χ1v) is 5.76. The molecule has 1 aliphatic carbocycles. The molecule has 1 N–H and O–H groups in total. The van der Waals surface area contributed by atoms with Crippen molar-refractivity contribution in [1.82, 2.24) is 10.3 Å². The summed E-state index contributed by atoms with van der Waals surface area (Å²) < 4.78 is 0. The number of fused-ring (bicyclic) bond motifs is 1. The molecule has 3 rings (SSSR count). The molecular weight excluding hydrogens is 208 g/mol. The molecule has 2 aliphatic rings. The monoisotopic (exact) mass is 220 g/mol. The van der Waals surface area contributed by atoms with Gasteiger partial charge in [0.2, 0.25) is 0 Å². The standard InChI is InChI=1S/C12H13ClN2/c13-11-4-10(6-14-7-11)9-3-8-1-2-15-12(8)5-9/h4-8,12,15H,1-3H2. The Balaban J connectivity index is 1.90. The van der Waals surface area contributed by atoms with E-state index in [-0.39, 0.29) is 0 Å². The van der Waals surface area contributed by atoms with Gasteiger partial charge in [0.05, 0.1) is 5.02 Å². The first kappa shape index (κ1) is 9.37. The molecule has 0 amide bonds. The maximum Gasteiger partial charge on any atom is 0.0595 e. The van der Waals surface area contributed by atoms with Crippen molar-refractivity contribution in [2.75, 3.05) is 6.54 Å². The minimum Gasteiger partial charge on any atom is -0.310 e. The predicted octanol–water partition coefficient (Wildman–Crippen LogP) is 2.50. The number of allylic oxidation sites excluding steroid dienone is 1. The van der Waals surface area contributed by atoms with Gasteiger partial charge in [0.15, 0.2) is 0 Å². The van der Waals surface area contributed by atoms with Crippen molar-refractivity contribution in [3.8, 4) is 0 Å².